The Morgan fingerprint density at radius 1 is 1.21 bits per heavy atom. The van der Waals surface area contributed by atoms with Crippen molar-refractivity contribution in [1.82, 2.24) is 24.7 Å². The molecule has 0 saturated heterocycles. The molecule has 144 valence electrons. The summed E-state index contributed by atoms with van der Waals surface area (Å²) in [6.45, 7) is 2.43. The minimum absolute atomic E-state index is 0.302. The van der Waals surface area contributed by atoms with Crippen molar-refractivity contribution < 1.29 is 9.26 Å². The third kappa shape index (κ3) is 3.22. The Hall–Kier alpha value is -3.26. The van der Waals surface area contributed by atoms with Crippen LogP contribution in [-0.2, 0) is 24.8 Å². The van der Waals surface area contributed by atoms with Crippen molar-refractivity contribution >= 4 is 22.5 Å². The van der Waals surface area contributed by atoms with Gasteiger partial charge in [-0.3, -0.25) is 0 Å². The van der Waals surface area contributed by atoms with Gasteiger partial charge in [0.25, 0.3) is 5.89 Å². The van der Waals surface area contributed by atoms with E-state index >= 15 is 0 Å². The summed E-state index contributed by atoms with van der Waals surface area (Å²) in [4.78, 5) is 15.4. The maximum absolute atomic E-state index is 5.21. The highest BCUT2D eigenvalue weighted by molar-refractivity contribution is 5.79. The molecule has 0 amide bonds. The van der Waals surface area contributed by atoms with Gasteiger partial charge in [-0.2, -0.15) is 4.98 Å². The lowest BCUT2D eigenvalue weighted by Crippen LogP contribution is -2.13. The Balaban J connectivity index is 1.68. The van der Waals surface area contributed by atoms with Gasteiger partial charge in [0.2, 0.25) is 5.82 Å². The zero-order chi connectivity index (χ0) is 19.7. The van der Waals surface area contributed by atoms with Crippen LogP contribution in [0.5, 0.6) is 0 Å². The lowest BCUT2D eigenvalue weighted by atomic mass is 10.0. The van der Waals surface area contributed by atoms with Crippen LogP contribution >= 0.6 is 0 Å². The van der Waals surface area contributed by atoms with Gasteiger partial charge in [0.15, 0.2) is 0 Å². The summed E-state index contributed by atoms with van der Waals surface area (Å²) in [7, 11) is 5.60. The van der Waals surface area contributed by atoms with Gasteiger partial charge in [-0.25, -0.2) is 9.97 Å². The van der Waals surface area contributed by atoms with E-state index in [9.17, 15) is 0 Å². The van der Waals surface area contributed by atoms with E-state index in [1.165, 1.54) is 5.56 Å². The Labute approximate surface area is 162 Å². The van der Waals surface area contributed by atoms with Crippen LogP contribution in [0.25, 0.3) is 22.4 Å². The molecule has 0 saturated carbocycles. The molecular weight excluding hydrogens is 356 g/mol. The van der Waals surface area contributed by atoms with Crippen LogP contribution in [0.15, 0.2) is 41.3 Å². The van der Waals surface area contributed by atoms with Gasteiger partial charge in [-0.1, -0.05) is 12.1 Å². The molecule has 0 aliphatic rings. The van der Waals surface area contributed by atoms with Gasteiger partial charge in [0, 0.05) is 38.5 Å². The van der Waals surface area contributed by atoms with Gasteiger partial charge in [-0.15, -0.1) is 0 Å². The Bertz CT molecular complexity index is 1120. The minimum atomic E-state index is 0.302. The Kier molecular flexibility index (Phi) is 4.79. The summed E-state index contributed by atoms with van der Waals surface area (Å²) in [5.41, 5.74) is 5.10. The minimum Gasteiger partial charge on any atom is -0.375 e. The SMILES string of the molecule is CCc1cc(-c2noc(COC)n2)ccc1N(C)c1cc2c(cn1)ncn2C. The number of fused-ring (bicyclic) bond motifs is 1. The molecule has 0 spiro atoms. The van der Waals surface area contributed by atoms with Crippen LogP contribution < -0.4 is 4.90 Å². The monoisotopic (exact) mass is 378 g/mol. The quantitative estimate of drug-likeness (QED) is 0.508. The van der Waals surface area contributed by atoms with E-state index in [4.69, 9.17) is 9.26 Å². The smallest absolute Gasteiger partial charge is 0.252 e. The normalized spacial score (nSPS) is 11.3. The highest BCUT2D eigenvalue weighted by Gasteiger charge is 2.15. The molecule has 1 aromatic carbocycles. The molecule has 4 rings (SSSR count). The number of ether oxygens (including phenoxy) is 1. The number of aryl methyl sites for hydroxylation is 2. The van der Waals surface area contributed by atoms with Crippen LogP contribution in [0.2, 0.25) is 0 Å². The highest BCUT2D eigenvalue weighted by Crippen LogP contribution is 2.31. The fraction of sp³-hybridized carbons (Fsp3) is 0.300. The van der Waals surface area contributed by atoms with Crippen molar-refractivity contribution in [1.29, 1.82) is 0 Å². The maximum atomic E-state index is 5.21. The second-order valence-corrected chi connectivity index (χ2v) is 6.59. The third-order valence-corrected chi connectivity index (χ3v) is 4.76. The average molecular weight is 378 g/mol. The predicted octanol–water partition coefficient (Wildman–Crippen LogP) is 3.50. The van der Waals surface area contributed by atoms with E-state index in [0.29, 0.717) is 18.3 Å². The topological polar surface area (TPSA) is 82.1 Å². The standard InChI is InChI=1S/C20H22N6O2/c1-5-13-8-14(20-23-19(11-27-4)28-24-20)6-7-16(13)26(3)18-9-17-15(10-21-18)22-12-25(17)2/h6-10,12H,5,11H2,1-4H3. The van der Waals surface area contributed by atoms with Gasteiger partial charge < -0.3 is 18.7 Å². The first-order chi connectivity index (χ1) is 13.6. The summed E-state index contributed by atoms with van der Waals surface area (Å²) in [6.07, 6.45) is 4.47. The lowest BCUT2D eigenvalue weighted by molar-refractivity contribution is 0.151. The molecule has 4 aromatic rings. The van der Waals surface area contributed by atoms with E-state index < -0.39 is 0 Å². The van der Waals surface area contributed by atoms with Crippen LogP contribution in [0.4, 0.5) is 11.5 Å². The van der Waals surface area contributed by atoms with E-state index in [2.05, 4.69) is 44.1 Å². The largest absolute Gasteiger partial charge is 0.375 e. The second kappa shape index (κ2) is 7.40. The van der Waals surface area contributed by atoms with Gasteiger partial charge in [0.1, 0.15) is 17.9 Å². The molecule has 0 bridgehead atoms. The van der Waals surface area contributed by atoms with Crippen molar-refractivity contribution in [3.05, 3.63) is 48.2 Å². The first-order valence-corrected chi connectivity index (χ1v) is 9.06. The van der Waals surface area contributed by atoms with Gasteiger partial charge >= 0.3 is 0 Å². The van der Waals surface area contributed by atoms with Crippen molar-refractivity contribution in [3.63, 3.8) is 0 Å². The molecule has 3 aromatic heterocycles. The molecule has 28 heavy (non-hydrogen) atoms. The van der Waals surface area contributed by atoms with Crippen molar-refractivity contribution in [3.8, 4) is 11.4 Å². The lowest BCUT2D eigenvalue weighted by Gasteiger charge is -2.22. The summed E-state index contributed by atoms with van der Waals surface area (Å²) in [5.74, 6) is 1.89. The molecule has 0 N–H and O–H groups in total. The summed E-state index contributed by atoms with van der Waals surface area (Å²) < 4.78 is 12.2. The summed E-state index contributed by atoms with van der Waals surface area (Å²) >= 11 is 0. The molecule has 8 heteroatoms. The van der Waals surface area contributed by atoms with Crippen molar-refractivity contribution in [2.45, 2.75) is 20.0 Å². The first-order valence-electron chi connectivity index (χ1n) is 9.06. The number of imidazole rings is 1. The number of pyridine rings is 1. The predicted molar refractivity (Wildman–Crippen MR) is 106 cm³/mol. The molecular formula is C20H22N6O2. The number of aromatic nitrogens is 5. The number of anilines is 2. The number of methoxy groups -OCH3 is 1. The molecule has 0 aliphatic heterocycles. The van der Waals surface area contributed by atoms with Crippen LogP contribution in [0.3, 0.4) is 0 Å². The molecule has 0 radical (unpaired) electrons. The summed E-state index contributed by atoms with van der Waals surface area (Å²) in [5, 5.41) is 4.05. The number of benzene rings is 1. The van der Waals surface area contributed by atoms with Gasteiger partial charge in [0.05, 0.1) is 18.0 Å². The van der Waals surface area contributed by atoms with Gasteiger partial charge in [-0.05, 0) is 30.2 Å². The second-order valence-electron chi connectivity index (χ2n) is 6.59. The van der Waals surface area contributed by atoms with Crippen molar-refractivity contribution in [2.24, 2.45) is 7.05 Å². The number of nitrogens with zero attached hydrogens (tertiary/aromatic N) is 6. The van der Waals surface area contributed by atoms with Crippen LogP contribution in [-0.4, -0.2) is 38.8 Å². The molecule has 3 heterocycles. The van der Waals surface area contributed by atoms with E-state index in [1.807, 2.05) is 30.8 Å². The Morgan fingerprint density at radius 3 is 2.86 bits per heavy atom. The average Bonchev–Trinajstić information content (AvgIpc) is 3.34. The Morgan fingerprint density at radius 2 is 2.07 bits per heavy atom. The zero-order valence-electron chi connectivity index (χ0n) is 16.4. The van der Waals surface area contributed by atoms with Crippen molar-refractivity contribution in [2.75, 3.05) is 19.1 Å². The number of hydrogen-bond acceptors (Lipinski definition) is 7. The maximum Gasteiger partial charge on any atom is 0.252 e. The molecule has 0 atom stereocenters. The molecule has 0 unspecified atom stereocenters. The molecule has 8 nitrogen and oxygen atoms in total. The van der Waals surface area contributed by atoms with Crippen LogP contribution in [0.1, 0.15) is 18.4 Å². The van der Waals surface area contributed by atoms with E-state index in [-0.39, 0.29) is 0 Å². The summed E-state index contributed by atoms with van der Waals surface area (Å²) in [6, 6.07) is 8.20. The van der Waals surface area contributed by atoms with Crippen LogP contribution in [0, 0.1) is 0 Å². The third-order valence-electron chi connectivity index (χ3n) is 4.76. The van der Waals surface area contributed by atoms with E-state index in [1.54, 1.807) is 19.6 Å². The number of hydrogen-bond donors (Lipinski definition) is 0. The fourth-order valence-electron chi connectivity index (χ4n) is 3.22. The number of rotatable bonds is 6. The molecule has 0 aliphatic carbocycles. The van der Waals surface area contributed by atoms with E-state index in [0.717, 1.165) is 34.5 Å². The fourth-order valence-corrected chi connectivity index (χ4v) is 3.22. The zero-order valence-corrected chi connectivity index (χ0v) is 16.4. The highest BCUT2D eigenvalue weighted by atomic mass is 16.5. The molecule has 0 fully saturated rings. The first kappa shape index (κ1) is 18.1.